The van der Waals surface area contributed by atoms with Gasteiger partial charge in [0.05, 0.1) is 6.61 Å². The molecule has 1 unspecified atom stereocenters. The number of aliphatic hydroxyl groups excluding tert-OH is 1. The first-order valence-corrected chi connectivity index (χ1v) is 9.62. The zero-order valence-corrected chi connectivity index (χ0v) is 15.6. The molecule has 4 rings (SSSR count). The van der Waals surface area contributed by atoms with Crippen molar-refractivity contribution in [2.24, 2.45) is 0 Å². The molecule has 1 heterocycles. The molecule has 3 N–H and O–H groups in total. The number of nitrogens with one attached hydrogen (secondary N) is 1. The first-order valence-electron chi connectivity index (χ1n) is 9.62. The molecular formula is C22H24N2O4. The van der Waals surface area contributed by atoms with Crippen molar-refractivity contribution in [3.63, 3.8) is 0 Å². The highest BCUT2D eigenvalue weighted by Crippen LogP contribution is 2.30. The fourth-order valence-corrected chi connectivity index (χ4v) is 3.85. The van der Waals surface area contributed by atoms with Crippen LogP contribution in [-0.4, -0.2) is 21.5 Å². The summed E-state index contributed by atoms with van der Waals surface area (Å²) in [6, 6.07) is 13.1. The van der Waals surface area contributed by atoms with Crippen LogP contribution < -0.4 is 15.8 Å². The third kappa shape index (κ3) is 3.67. The van der Waals surface area contributed by atoms with Gasteiger partial charge in [-0.25, -0.2) is 0 Å². The van der Waals surface area contributed by atoms with Gasteiger partial charge in [0, 0.05) is 18.1 Å². The van der Waals surface area contributed by atoms with E-state index in [2.05, 4.69) is 6.07 Å². The molecular weight excluding hydrogens is 356 g/mol. The summed E-state index contributed by atoms with van der Waals surface area (Å²) in [6.45, 7) is 1.10. The van der Waals surface area contributed by atoms with E-state index >= 15 is 0 Å². The van der Waals surface area contributed by atoms with Crippen LogP contribution in [-0.2, 0) is 19.4 Å². The van der Waals surface area contributed by atoms with Gasteiger partial charge >= 0.3 is 0 Å². The van der Waals surface area contributed by atoms with E-state index in [0.29, 0.717) is 24.1 Å². The quantitative estimate of drug-likeness (QED) is 0.333. The highest BCUT2D eigenvalue weighted by molar-refractivity contribution is 5.82. The number of fused-ring (bicyclic) bond motifs is 2. The van der Waals surface area contributed by atoms with Crippen molar-refractivity contribution in [3.8, 4) is 5.75 Å². The Kier molecular flexibility index (Phi) is 5.43. The van der Waals surface area contributed by atoms with E-state index in [1.807, 2.05) is 18.2 Å². The van der Waals surface area contributed by atoms with Crippen molar-refractivity contribution in [2.45, 2.75) is 38.5 Å². The Morgan fingerprint density at radius 3 is 2.93 bits per heavy atom. The van der Waals surface area contributed by atoms with Gasteiger partial charge in [0.1, 0.15) is 5.75 Å². The molecule has 1 aliphatic rings. The molecule has 0 spiro atoms. The zero-order valence-electron chi connectivity index (χ0n) is 15.6. The third-order valence-corrected chi connectivity index (χ3v) is 5.34. The smallest absolute Gasteiger partial charge is 0.258 e. The lowest BCUT2D eigenvalue weighted by molar-refractivity contribution is 0.000774. The SMILES string of the molecule is O=c1c2cc(C(O)NO)ccc2ccn1CCCOc1cccc2c1CCC2. The molecule has 1 atom stereocenters. The van der Waals surface area contributed by atoms with Crippen LogP contribution in [0.4, 0.5) is 0 Å². The molecule has 6 nitrogen and oxygen atoms in total. The molecule has 0 fully saturated rings. The summed E-state index contributed by atoms with van der Waals surface area (Å²) in [4.78, 5) is 12.8. The summed E-state index contributed by atoms with van der Waals surface area (Å²) in [5.74, 6) is 0.969. The van der Waals surface area contributed by atoms with E-state index in [0.717, 1.165) is 30.4 Å². The monoisotopic (exact) mass is 380 g/mol. The van der Waals surface area contributed by atoms with Crippen LogP contribution in [0.3, 0.4) is 0 Å². The molecule has 3 aromatic rings. The molecule has 0 saturated heterocycles. The van der Waals surface area contributed by atoms with Gasteiger partial charge in [-0.15, -0.1) is 0 Å². The average Bonchev–Trinajstić information content (AvgIpc) is 3.21. The maximum atomic E-state index is 12.8. The largest absolute Gasteiger partial charge is 0.493 e. The van der Waals surface area contributed by atoms with Crippen LogP contribution in [0.15, 0.2) is 53.5 Å². The maximum absolute atomic E-state index is 12.8. The number of hydroxylamine groups is 1. The topological polar surface area (TPSA) is 83.7 Å². The Morgan fingerprint density at radius 1 is 1.18 bits per heavy atom. The first kappa shape index (κ1) is 18.7. The number of aliphatic hydroxyl groups is 1. The van der Waals surface area contributed by atoms with E-state index in [1.165, 1.54) is 17.5 Å². The summed E-state index contributed by atoms with van der Waals surface area (Å²) in [7, 11) is 0. The summed E-state index contributed by atoms with van der Waals surface area (Å²) in [5.41, 5.74) is 4.82. The van der Waals surface area contributed by atoms with Gasteiger partial charge in [-0.05, 0) is 66.0 Å². The van der Waals surface area contributed by atoms with Gasteiger partial charge in [0.25, 0.3) is 5.56 Å². The van der Waals surface area contributed by atoms with Crippen LogP contribution >= 0.6 is 0 Å². The molecule has 2 aromatic carbocycles. The molecule has 28 heavy (non-hydrogen) atoms. The van der Waals surface area contributed by atoms with Gasteiger partial charge < -0.3 is 19.6 Å². The van der Waals surface area contributed by atoms with Crippen LogP contribution in [0.2, 0.25) is 0 Å². The molecule has 0 aliphatic heterocycles. The van der Waals surface area contributed by atoms with E-state index in [-0.39, 0.29) is 5.56 Å². The lowest BCUT2D eigenvalue weighted by atomic mass is 10.1. The summed E-state index contributed by atoms with van der Waals surface area (Å²) in [5, 5.41) is 19.9. The number of benzene rings is 2. The molecule has 0 bridgehead atoms. The van der Waals surface area contributed by atoms with Gasteiger partial charge in [-0.3, -0.25) is 4.79 Å². The predicted octanol–water partition coefficient (Wildman–Crippen LogP) is 2.93. The lowest BCUT2D eigenvalue weighted by Gasteiger charge is -2.12. The van der Waals surface area contributed by atoms with E-state index in [9.17, 15) is 9.90 Å². The Labute approximate surface area is 163 Å². The second kappa shape index (κ2) is 8.14. The third-order valence-electron chi connectivity index (χ3n) is 5.34. The molecule has 1 aliphatic carbocycles. The zero-order chi connectivity index (χ0) is 19.5. The molecule has 0 amide bonds. The molecule has 1 aromatic heterocycles. The number of ether oxygens (including phenoxy) is 1. The number of hydrogen-bond donors (Lipinski definition) is 3. The number of aryl methyl sites for hydroxylation is 2. The van der Waals surface area contributed by atoms with Crippen molar-refractivity contribution < 1.29 is 15.1 Å². The summed E-state index contributed by atoms with van der Waals surface area (Å²) in [6.07, 6.45) is 4.66. The van der Waals surface area contributed by atoms with Crippen molar-refractivity contribution in [2.75, 3.05) is 6.61 Å². The lowest BCUT2D eigenvalue weighted by Crippen LogP contribution is -2.21. The standard InChI is InChI=1S/C22H24N2O4/c25-21(23-27)17-9-8-16-10-12-24(22(26)19(16)14-17)11-3-13-28-20-7-2-5-15-4-1-6-18(15)20/h2,5,7-10,12,14,21,23,25,27H,1,3-4,6,11,13H2. The summed E-state index contributed by atoms with van der Waals surface area (Å²) < 4.78 is 7.63. The normalized spacial score (nSPS) is 14.2. The Balaban J connectivity index is 1.44. The maximum Gasteiger partial charge on any atom is 0.258 e. The average molecular weight is 380 g/mol. The molecule has 0 saturated carbocycles. The Hall–Kier alpha value is -2.67. The van der Waals surface area contributed by atoms with Crippen LogP contribution in [0.1, 0.15) is 35.8 Å². The van der Waals surface area contributed by atoms with Crippen molar-refractivity contribution >= 4 is 10.8 Å². The molecule has 0 radical (unpaired) electrons. The Bertz CT molecular complexity index is 1040. The minimum atomic E-state index is -1.22. The fourth-order valence-electron chi connectivity index (χ4n) is 3.85. The second-order valence-electron chi connectivity index (χ2n) is 7.14. The first-order chi connectivity index (χ1) is 13.7. The number of aromatic nitrogens is 1. The Morgan fingerprint density at radius 2 is 2.07 bits per heavy atom. The predicted molar refractivity (Wildman–Crippen MR) is 107 cm³/mol. The summed E-state index contributed by atoms with van der Waals surface area (Å²) >= 11 is 0. The van der Waals surface area contributed by atoms with Crippen molar-refractivity contribution in [1.82, 2.24) is 10.0 Å². The number of hydrogen-bond acceptors (Lipinski definition) is 5. The van der Waals surface area contributed by atoms with Crippen LogP contribution in [0.25, 0.3) is 10.8 Å². The van der Waals surface area contributed by atoms with Gasteiger partial charge in [-0.2, -0.15) is 5.48 Å². The van der Waals surface area contributed by atoms with Crippen LogP contribution in [0, 0.1) is 0 Å². The second-order valence-corrected chi connectivity index (χ2v) is 7.14. The van der Waals surface area contributed by atoms with Gasteiger partial charge in [0.2, 0.25) is 0 Å². The highest BCUT2D eigenvalue weighted by Gasteiger charge is 2.15. The number of pyridine rings is 1. The van der Waals surface area contributed by atoms with Crippen LogP contribution in [0.5, 0.6) is 5.75 Å². The van der Waals surface area contributed by atoms with Crippen molar-refractivity contribution in [3.05, 3.63) is 75.7 Å². The fraction of sp³-hybridized carbons (Fsp3) is 0.318. The van der Waals surface area contributed by atoms with E-state index in [4.69, 9.17) is 9.94 Å². The number of rotatable bonds is 7. The van der Waals surface area contributed by atoms with Crippen molar-refractivity contribution in [1.29, 1.82) is 0 Å². The van der Waals surface area contributed by atoms with Gasteiger partial charge in [0.15, 0.2) is 6.23 Å². The van der Waals surface area contributed by atoms with E-state index < -0.39 is 6.23 Å². The molecule has 146 valence electrons. The highest BCUT2D eigenvalue weighted by atomic mass is 16.5. The molecule has 6 heteroatoms. The number of nitrogens with zero attached hydrogens (tertiary/aromatic N) is 1. The minimum absolute atomic E-state index is 0.120. The minimum Gasteiger partial charge on any atom is -0.493 e. The van der Waals surface area contributed by atoms with Gasteiger partial charge in [-0.1, -0.05) is 24.3 Å². The van der Waals surface area contributed by atoms with E-state index in [1.54, 1.807) is 34.4 Å².